The van der Waals surface area contributed by atoms with Crippen LogP contribution in [-0.4, -0.2) is 11.6 Å². The summed E-state index contributed by atoms with van der Waals surface area (Å²) in [6.07, 6.45) is 2.19. The van der Waals surface area contributed by atoms with Crippen molar-refractivity contribution in [3.8, 4) is 11.5 Å². The summed E-state index contributed by atoms with van der Waals surface area (Å²) >= 11 is 0. The lowest BCUT2D eigenvalue weighted by Gasteiger charge is -2.11. The van der Waals surface area contributed by atoms with Gasteiger partial charge in [0, 0.05) is 11.5 Å². The van der Waals surface area contributed by atoms with Crippen LogP contribution in [0.2, 0.25) is 0 Å². The average molecular weight is 321 g/mol. The van der Waals surface area contributed by atoms with E-state index in [0.29, 0.717) is 6.61 Å². The molecule has 3 heteroatoms. The van der Waals surface area contributed by atoms with Crippen LogP contribution in [0.1, 0.15) is 31.0 Å². The summed E-state index contributed by atoms with van der Waals surface area (Å²) < 4.78 is 11.7. The molecule has 0 unspecified atom stereocenters. The van der Waals surface area contributed by atoms with E-state index in [1.807, 2.05) is 49.4 Å². The highest BCUT2D eigenvalue weighted by Gasteiger charge is 2.03. The van der Waals surface area contributed by atoms with Crippen LogP contribution in [0, 0.1) is 6.92 Å². The zero-order valence-corrected chi connectivity index (χ0v) is 14.3. The van der Waals surface area contributed by atoms with Crippen molar-refractivity contribution in [1.29, 1.82) is 0 Å². The van der Waals surface area contributed by atoms with Crippen LogP contribution in [0.15, 0.2) is 54.6 Å². The van der Waals surface area contributed by atoms with Gasteiger partial charge in [-0.25, -0.2) is 4.98 Å². The van der Waals surface area contributed by atoms with Gasteiger partial charge in [0.05, 0.1) is 17.8 Å². The summed E-state index contributed by atoms with van der Waals surface area (Å²) in [7, 11) is 0. The molecule has 0 atom stereocenters. The molecule has 0 aliphatic rings. The number of ether oxygens (including phenoxy) is 2. The summed E-state index contributed by atoms with van der Waals surface area (Å²) in [4.78, 5) is 4.64. The van der Waals surface area contributed by atoms with Crippen LogP contribution < -0.4 is 9.47 Å². The highest BCUT2D eigenvalue weighted by atomic mass is 16.5. The van der Waals surface area contributed by atoms with Crippen LogP contribution in [0.25, 0.3) is 10.9 Å². The van der Waals surface area contributed by atoms with Gasteiger partial charge >= 0.3 is 0 Å². The predicted octanol–water partition coefficient (Wildman–Crippen LogP) is 5.30. The fourth-order valence-corrected chi connectivity index (χ4v) is 2.56. The van der Waals surface area contributed by atoms with Gasteiger partial charge in [0.2, 0.25) is 0 Å². The summed E-state index contributed by atoms with van der Waals surface area (Å²) in [5.74, 6) is 1.68. The van der Waals surface area contributed by atoms with Crippen molar-refractivity contribution in [2.45, 2.75) is 33.3 Å². The maximum Gasteiger partial charge on any atom is 0.130 e. The lowest BCUT2D eigenvalue weighted by molar-refractivity contribution is 0.289. The number of benzene rings is 2. The van der Waals surface area contributed by atoms with Crippen molar-refractivity contribution >= 4 is 10.9 Å². The van der Waals surface area contributed by atoms with E-state index in [2.05, 4.69) is 24.0 Å². The first-order valence-electron chi connectivity index (χ1n) is 8.46. The highest BCUT2D eigenvalue weighted by molar-refractivity contribution is 5.78. The molecular weight excluding hydrogens is 298 g/mol. The van der Waals surface area contributed by atoms with E-state index in [9.17, 15) is 0 Å². The Morgan fingerprint density at radius 1 is 0.917 bits per heavy atom. The van der Waals surface area contributed by atoms with Crippen molar-refractivity contribution in [2.24, 2.45) is 0 Å². The summed E-state index contributed by atoms with van der Waals surface area (Å²) in [6, 6.07) is 18.2. The molecule has 0 spiro atoms. The van der Waals surface area contributed by atoms with Crippen LogP contribution >= 0.6 is 0 Å². The Morgan fingerprint density at radius 3 is 2.54 bits per heavy atom. The zero-order valence-electron chi connectivity index (χ0n) is 14.3. The minimum atomic E-state index is 0.447. The van der Waals surface area contributed by atoms with Crippen molar-refractivity contribution in [1.82, 2.24) is 4.98 Å². The smallest absolute Gasteiger partial charge is 0.130 e. The number of pyridine rings is 1. The Bertz CT molecular complexity index is 814. The Hall–Kier alpha value is -2.55. The van der Waals surface area contributed by atoms with E-state index >= 15 is 0 Å². The number of nitrogens with zero attached hydrogens (tertiary/aromatic N) is 1. The van der Waals surface area contributed by atoms with Crippen LogP contribution in [0.4, 0.5) is 0 Å². The zero-order chi connectivity index (χ0) is 16.8. The molecule has 0 aliphatic carbocycles. The Balaban J connectivity index is 1.68. The standard InChI is InChI=1S/C21H23NO2/c1-3-4-11-23-19-12-16(2)13-20(14-19)24-15-18-10-9-17-7-5-6-8-21(17)22-18/h5-10,12-14H,3-4,11,15H2,1-2H3. The van der Waals surface area contributed by atoms with Crippen LogP contribution in [0.5, 0.6) is 11.5 Å². The third kappa shape index (κ3) is 4.25. The van der Waals surface area contributed by atoms with E-state index in [-0.39, 0.29) is 0 Å². The quantitative estimate of drug-likeness (QED) is 0.553. The lowest BCUT2D eigenvalue weighted by atomic mass is 10.2. The number of hydrogen-bond donors (Lipinski definition) is 0. The van der Waals surface area contributed by atoms with Crippen LogP contribution in [0.3, 0.4) is 0 Å². The van der Waals surface area contributed by atoms with E-state index in [0.717, 1.165) is 53.1 Å². The molecule has 0 radical (unpaired) electrons. The van der Waals surface area contributed by atoms with Gasteiger partial charge in [-0.2, -0.15) is 0 Å². The number of rotatable bonds is 7. The second kappa shape index (κ2) is 7.82. The maximum atomic E-state index is 5.93. The van der Waals surface area contributed by atoms with E-state index in [4.69, 9.17) is 9.47 Å². The molecule has 0 saturated heterocycles. The maximum absolute atomic E-state index is 5.93. The van der Waals surface area contributed by atoms with Gasteiger partial charge in [0.25, 0.3) is 0 Å². The van der Waals surface area contributed by atoms with Crippen molar-refractivity contribution in [3.05, 3.63) is 65.9 Å². The van der Waals surface area contributed by atoms with Crippen LogP contribution in [-0.2, 0) is 6.61 Å². The molecule has 0 amide bonds. The van der Waals surface area contributed by atoms with Crippen molar-refractivity contribution in [3.63, 3.8) is 0 Å². The first-order valence-corrected chi connectivity index (χ1v) is 8.46. The SMILES string of the molecule is CCCCOc1cc(C)cc(OCc2ccc3ccccc3n2)c1. The Morgan fingerprint density at radius 2 is 1.71 bits per heavy atom. The van der Waals surface area contributed by atoms with E-state index in [1.54, 1.807) is 0 Å². The van der Waals surface area contributed by atoms with Crippen molar-refractivity contribution in [2.75, 3.05) is 6.61 Å². The molecule has 1 heterocycles. The monoisotopic (exact) mass is 321 g/mol. The molecule has 2 aromatic carbocycles. The summed E-state index contributed by atoms with van der Waals surface area (Å²) in [6.45, 7) is 5.40. The summed E-state index contributed by atoms with van der Waals surface area (Å²) in [5.41, 5.74) is 3.04. The molecule has 3 aromatic rings. The van der Waals surface area contributed by atoms with Gasteiger partial charge in [0.1, 0.15) is 18.1 Å². The molecule has 3 rings (SSSR count). The largest absolute Gasteiger partial charge is 0.493 e. The van der Waals surface area contributed by atoms with Gasteiger partial charge < -0.3 is 9.47 Å². The number of hydrogen-bond acceptors (Lipinski definition) is 3. The molecule has 124 valence electrons. The molecule has 3 nitrogen and oxygen atoms in total. The second-order valence-electron chi connectivity index (χ2n) is 5.97. The highest BCUT2D eigenvalue weighted by Crippen LogP contribution is 2.24. The van der Waals surface area contributed by atoms with Gasteiger partial charge in [-0.1, -0.05) is 37.6 Å². The summed E-state index contributed by atoms with van der Waals surface area (Å²) in [5, 5.41) is 1.14. The Labute approximate surface area is 143 Å². The fourth-order valence-electron chi connectivity index (χ4n) is 2.56. The minimum absolute atomic E-state index is 0.447. The first kappa shape index (κ1) is 16.3. The third-order valence-electron chi connectivity index (χ3n) is 3.83. The number of fused-ring (bicyclic) bond motifs is 1. The van der Waals surface area contributed by atoms with Gasteiger partial charge in [-0.15, -0.1) is 0 Å². The average Bonchev–Trinajstić information content (AvgIpc) is 2.60. The molecule has 0 aliphatic heterocycles. The molecule has 24 heavy (non-hydrogen) atoms. The van der Waals surface area contributed by atoms with E-state index < -0.39 is 0 Å². The Kier molecular flexibility index (Phi) is 5.32. The van der Waals surface area contributed by atoms with Gasteiger partial charge in [-0.05, 0) is 43.2 Å². The number of unbranched alkanes of at least 4 members (excludes halogenated alkanes) is 1. The predicted molar refractivity (Wildman–Crippen MR) is 97.7 cm³/mol. The van der Waals surface area contributed by atoms with Gasteiger partial charge in [0.15, 0.2) is 0 Å². The van der Waals surface area contributed by atoms with Crippen molar-refractivity contribution < 1.29 is 9.47 Å². The number of aromatic nitrogens is 1. The molecule has 0 saturated carbocycles. The topological polar surface area (TPSA) is 31.4 Å². The first-order chi connectivity index (χ1) is 11.7. The molecule has 0 N–H and O–H groups in total. The molecule has 0 bridgehead atoms. The fraction of sp³-hybridized carbons (Fsp3) is 0.286. The number of para-hydroxylation sites is 1. The number of aryl methyl sites for hydroxylation is 1. The normalized spacial score (nSPS) is 10.8. The molecular formula is C21H23NO2. The third-order valence-corrected chi connectivity index (χ3v) is 3.83. The van der Waals surface area contributed by atoms with Gasteiger partial charge in [-0.3, -0.25) is 0 Å². The van der Waals surface area contributed by atoms with E-state index in [1.165, 1.54) is 0 Å². The molecule has 0 fully saturated rings. The molecule has 1 aromatic heterocycles. The minimum Gasteiger partial charge on any atom is -0.493 e. The second-order valence-corrected chi connectivity index (χ2v) is 5.97. The lowest BCUT2D eigenvalue weighted by Crippen LogP contribution is -2.00.